The molecule has 1 aliphatic heterocycles. The molecule has 9 nitrogen and oxygen atoms in total. The largest absolute Gasteiger partial charge is 0.472 e. The summed E-state index contributed by atoms with van der Waals surface area (Å²) in [6.45, 7) is 5.00. The first-order valence-corrected chi connectivity index (χ1v) is 9.06. The SMILES string of the molecule is CCOC(=O)N1CCN(C(=O)CCN(CCOC)C(=O)c2ccoc2)CC1. The molecule has 0 unspecified atom stereocenters. The number of hydrogen-bond donors (Lipinski definition) is 0. The van der Waals surface area contributed by atoms with E-state index in [0.717, 1.165) is 0 Å². The van der Waals surface area contributed by atoms with E-state index < -0.39 is 0 Å². The van der Waals surface area contributed by atoms with Crippen molar-refractivity contribution in [2.24, 2.45) is 0 Å². The molecule has 0 aliphatic carbocycles. The number of rotatable bonds is 8. The van der Waals surface area contributed by atoms with E-state index in [1.165, 1.54) is 12.5 Å². The Kier molecular flexibility index (Phi) is 8.12. The highest BCUT2D eigenvalue weighted by Crippen LogP contribution is 2.09. The highest BCUT2D eigenvalue weighted by molar-refractivity contribution is 5.94. The van der Waals surface area contributed by atoms with Crippen LogP contribution in [0.5, 0.6) is 0 Å². The Morgan fingerprint density at radius 2 is 1.85 bits per heavy atom. The van der Waals surface area contributed by atoms with E-state index in [4.69, 9.17) is 13.9 Å². The summed E-state index contributed by atoms with van der Waals surface area (Å²) in [5.74, 6) is -0.235. The minimum absolute atomic E-state index is 0.0408. The minimum Gasteiger partial charge on any atom is -0.472 e. The summed E-state index contributed by atoms with van der Waals surface area (Å²) in [7, 11) is 1.56. The quantitative estimate of drug-likeness (QED) is 0.669. The first kappa shape index (κ1) is 20.8. The van der Waals surface area contributed by atoms with Gasteiger partial charge < -0.3 is 28.6 Å². The zero-order chi connectivity index (χ0) is 19.6. The first-order chi connectivity index (χ1) is 13.1. The van der Waals surface area contributed by atoms with Gasteiger partial charge in [0, 0.05) is 52.8 Å². The molecule has 1 aromatic rings. The first-order valence-electron chi connectivity index (χ1n) is 9.06. The molecule has 150 valence electrons. The van der Waals surface area contributed by atoms with Crippen LogP contribution in [0.25, 0.3) is 0 Å². The van der Waals surface area contributed by atoms with Crippen LogP contribution in [-0.2, 0) is 14.3 Å². The van der Waals surface area contributed by atoms with Gasteiger partial charge in [0.1, 0.15) is 6.26 Å². The van der Waals surface area contributed by atoms with E-state index in [-0.39, 0.29) is 24.3 Å². The molecule has 1 saturated heterocycles. The van der Waals surface area contributed by atoms with Gasteiger partial charge in [0.15, 0.2) is 0 Å². The molecule has 3 amide bonds. The zero-order valence-electron chi connectivity index (χ0n) is 15.9. The van der Waals surface area contributed by atoms with Gasteiger partial charge in [-0.3, -0.25) is 9.59 Å². The van der Waals surface area contributed by atoms with Crippen molar-refractivity contribution >= 4 is 17.9 Å². The van der Waals surface area contributed by atoms with E-state index in [2.05, 4.69) is 0 Å². The molecule has 1 aliphatic rings. The lowest BCUT2D eigenvalue weighted by Gasteiger charge is -2.34. The van der Waals surface area contributed by atoms with E-state index in [1.807, 2.05) is 0 Å². The predicted octanol–water partition coefficient (Wildman–Crippen LogP) is 1.06. The van der Waals surface area contributed by atoms with E-state index in [0.29, 0.717) is 58.0 Å². The second kappa shape index (κ2) is 10.6. The third-order valence-corrected chi connectivity index (χ3v) is 4.37. The average Bonchev–Trinajstić information content (AvgIpc) is 3.22. The zero-order valence-corrected chi connectivity index (χ0v) is 15.9. The maximum Gasteiger partial charge on any atom is 0.409 e. The van der Waals surface area contributed by atoms with Gasteiger partial charge in [0.2, 0.25) is 5.91 Å². The average molecular weight is 381 g/mol. The number of hydrogen-bond acceptors (Lipinski definition) is 6. The van der Waals surface area contributed by atoms with Crippen LogP contribution in [0.15, 0.2) is 23.0 Å². The number of carbonyl (C=O) groups is 3. The van der Waals surface area contributed by atoms with Crippen molar-refractivity contribution in [2.75, 3.05) is 59.6 Å². The van der Waals surface area contributed by atoms with Crippen LogP contribution < -0.4 is 0 Å². The molecule has 1 aromatic heterocycles. The molecule has 0 bridgehead atoms. The lowest BCUT2D eigenvalue weighted by atomic mass is 10.2. The topological polar surface area (TPSA) is 92.5 Å². The van der Waals surface area contributed by atoms with Crippen LogP contribution in [0.3, 0.4) is 0 Å². The third-order valence-electron chi connectivity index (χ3n) is 4.37. The maximum atomic E-state index is 12.5. The van der Waals surface area contributed by atoms with Gasteiger partial charge in [0.25, 0.3) is 5.91 Å². The van der Waals surface area contributed by atoms with Crippen LogP contribution in [0, 0.1) is 0 Å². The summed E-state index contributed by atoms with van der Waals surface area (Å²) < 4.78 is 15.0. The summed E-state index contributed by atoms with van der Waals surface area (Å²) in [5, 5.41) is 0. The smallest absolute Gasteiger partial charge is 0.409 e. The van der Waals surface area contributed by atoms with E-state index in [9.17, 15) is 14.4 Å². The van der Waals surface area contributed by atoms with Crippen molar-refractivity contribution in [1.82, 2.24) is 14.7 Å². The summed E-state index contributed by atoms with van der Waals surface area (Å²) in [5.41, 5.74) is 0.446. The van der Waals surface area contributed by atoms with Gasteiger partial charge in [-0.05, 0) is 13.0 Å². The molecule has 0 atom stereocenters. The lowest BCUT2D eigenvalue weighted by Crippen LogP contribution is -2.51. The van der Waals surface area contributed by atoms with Gasteiger partial charge in [-0.2, -0.15) is 0 Å². The number of ether oxygens (including phenoxy) is 2. The molecule has 2 rings (SSSR count). The van der Waals surface area contributed by atoms with Gasteiger partial charge in [-0.15, -0.1) is 0 Å². The van der Waals surface area contributed by atoms with Gasteiger partial charge in [0.05, 0.1) is 25.0 Å². The van der Waals surface area contributed by atoms with Crippen LogP contribution in [0.4, 0.5) is 4.79 Å². The number of nitrogens with zero attached hydrogens (tertiary/aromatic N) is 3. The van der Waals surface area contributed by atoms with Gasteiger partial charge in [-0.1, -0.05) is 0 Å². The molecule has 0 radical (unpaired) electrons. The molecule has 9 heteroatoms. The summed E-state index contributed by atoms with van der Waals surface area (Å²) in [6, 6.07) is 1.60. The van der Waals surface area contributed by atoms with Crippen molar-refractivity contribution in [3.8, 4) is 0 Å². The predicted molar refractivity (Wildman–Crippen MR) is 96.3 cm³/mol. The van der Waals surface area contributed by atoms with Gasteiger partial charge in [-0.25, -0.2) is 4.79 Å². The Balaban J connectivity index is 1.83. The normalized spacial score (nSPS) is 14.1. The van der Waals surface area contributed by atoms with Crippen molar-refractivity contribution in [3.05, 3.63) is 24.2 Å². The van der Waals surface area contributed by atoms with Crippen molar-refractivity contribution in [1.29, 1.82) is 0 Å². The number of carbonyl (C=O) groups excluding carboxylic acids is 3. The molecule has 27 heavy (non-hydrogen) atoms. The molecular weight excluding hydrogens is 354 g/mol. The second-order valence-electron chi connectivity index (χ2n) is 6.11. The Morgan fingerprint density at radius 1 is 1.15 bits per heavy atom. The lowest BCUT2D eigenvalue weighted by molar-refractivity contribution is -0.133. The highest BCUT2D eigenvalue weighted by Gasteiger charge is 2.25. The van der Waals surface area contributed by atoms with Crippen LogP contribution in [0.1, 0.15) is 23.7 Å². The maximum absolute atomic E-state index is 12.5. The number of methoxy groups -OCH3 is 1. The fraction of sp³-hybridized carbons (Fsp3) is 0.611. The molecule has 0 spiro atoms. The van der Waals surface area contributed by atoms with E-state index >= 15 is 0 Å². The fourth-order valence-electron chi connectivity index (χ4n) is 2.83. The molecular formula is C18H27N3O6. The summed E-state index contributed by atoms with van der Waals surface area (Å²) in [4.78, 5) is 41.6. The molecule has 0 saturated carbocycles. The number of amides is 3. The van der Waals surface area contributed by atoms with E-state index in [1.54, 1.807) is 34.8 Å². The Hall–Kier alpha value is -2.55. The minimum atomic E-state index is -0.346. The number of piperazine rings is 1. The van der Waals surface area contributed by atoms with Crippen LogP contribution >= 0.6 is 0 Å². The Morgan fingerprint density at radius 3 is 2.44 bits per heavy atom. The summed E-state index contributed by atoms with van der Waals surface area (Å²) >= 11 is 0. The fourth-order valence-corrected chi connectivity index (χ4v) is 2.83. The van der Waals surface area contributed by atoms with Crippen LogP contribution in [0.2, 0.25) is 0 Å². The molecule has 0 aromatic carbocycles. The molecule has 2 heterocycles. The van der Waals surface area contributed by atoms with Crippen LogP contribution in [-0.4, -0.2) is 92.2 Å². The highest BCUT2D eigenvalue weighted by atomic mass is 16.6. The molecule has 0 N–H and O–H groups in total. The third kappa shape index (κ3) is 5.99. The number of furan rings is 1. The van der Waals surface area contributed by atoms with Crippen molar-refractivity contribution < 1.29 is 28.3 Å². The monoisotopic (exact) mass is 381 g/mol. The standard InChI is InChI=1S/C18H27N3O6/c1-3-27-18(24)21-9-7-19(8-10-21)16(22)4-6-20(11-13-25-2)17(23)15-5-12-26-14-15/h5,12,14H,3-4,6-11,13H2,1-2H3. The molecule has 1 fully saturated rings. The second-order valence-corrected chi connectivity index (χ2v) is 6.11. The van der Waals surface area contributed by atoms with Crippen molar-refractivity contribution in [3.63, 3.8) is 0 Å². The van der Waals surface area contributed by atoms with Crippen molar-refractivity contribution in [2.45, 2.75) is 13.3 Å². The summed E-state index contributed by atoms with van der Waals surface area (Å²) in [6.07, 6.45) is 2.70. The Bertz CT molecular complexity index is 611. The Labute approximate surface area is 158 Å². The van der Waals surface area contributed by atoms with Gasteiger partial charge >= 0.3 is 6.09 Å².